The van der Waals surface area contributed by atoms with E-state index in [9.17, 15) is 0 Å². The number of benzene rings is 2. The predicted octanol–water partition coefficient (Wildman–Crippen LogP) is 5.78. The molecule has 0 aliphatic rings. The average molecular weight is 446 g/mol. The van der Waals surface area contributed by atoms with Crippen molar-refractivity contribution in [3.05, 3.63) is 66.0 Å². The molecule has 0 radical (unpaired) electrons. The van der Waals surface area contributed by atoms with E-state index in [0.717, 1.165) is 35.6 Å². The molecule has 0 atom stereocenters. The number of hydrogen-bond acceptors (Lipinski definition) is 7. The van der Waals surface area contributed by atoms with Gasteiger partial charge in [0, 0.05) is 27.8 Å². The zero-order chi connectivity index (χ0) is 22.5. The second kappa shape index (κ2) is 10.1. The van der Waals surface area contributed by atoms with Crippen molar-refractivity contribution in [2.75, 3.05) is 6.54 Å². The normalized spacial score (nSPS) is 11.3. The van der Waals surface area contributed by atoms with Gasteiger partial charge in [0.1, 0.15) is 5.69 Å². The summed E-state index contributed by atoms with van der Waals surface area (Å²) in [6.45, 7) is 10.1. The van der Waals surface area contributed by atoms with Crippen LogP contribution in [0, 0.1) is 6.92 Å². The van der Waals surface area contributed by atoms with Crippen molar-refractivity contribution < 1.29 is 4.42 Å². The number of rotatable bonds is 8. The van der Waals surface area contributed by atoms with Crippen LogP contribution in [0.4, 0.5) is 0 Å². The molecular formula is C25H27N5OS. The molecule has 0 fully saturated rings. The summed E-state index contributed by atoms with van der Waals surface area (Å²) in [4.78, 5) is 10.5. The number of nitrogens with one attached hydrogen (secondary N) is 1. The SMILES string of the molecule is CCNCc1ccc(-c2nnc(-c3nc(-c4ccc(SC(C)C)cc4)cnc3C)o2)cc1. The van der Waals surface area contributed by atoms with Gasteiger partial charge in [-0.1, -0.05) is 45.0 Å². The van der Waals surface area contributed by atoms with Crippen molar-refractivity contribution in [3.63, 3.8) is 0 Å². The van der Waals surface area contributed by atoms with Crippen LogP contribution in [0.15, 0.2) is 64.0 Å². The molecule has 6 nitrogen and oxygen atoms in total. The van der Waals surface area contributed by atoms with Gasteiger partial charge in [0.25, 0.3) is 5.89 Å². The minimum Gasteiger partial charge on any atom is -0.415 e. The quantitative estimate of drug-likeness (QED) is 0.345. The Kier molecular flexibility index (Phi) is 6.97. The van der Waals surface area contributed by atoms with Gasteiger partial charge in [-0.2, -0.15) is 0 Å². The first-order valence-electron chi connectivity index (χ1n) is 10.8. The Morgan fingerprint density at radius 3 is 2.31 bits per heavy atom. The third kappa shape index (κ3) is 5.23. The Balaban J connectivity index is 1.57. The summed E-state index contributed by atoms with van der Waals surface area (Å²) in [5.74, 6) is 0.840. The van der Waals surface area contributed by atoms with E-state index in [1.807, 2.05) is 30.8 Å². The molecule has 0 saturated heterocycles. The summed E-state index contributed by atoms with van der Waals surface area (Å²) in [5.41, 5.74) is 5.22. The van der Waals surface area contributed by atoms with Crippen molar-refractivity contribution in [2.45, 2.75) is 44.4 Å². The molecule has 2 heterocycles. The van der Waals surface area contributed by atoms with Crippen molar-refractivity contribution in [1.82, 2.24) is 25.5 Å². The van der Waals surface area contributed by atoms with Crippen LogP contribution in [0.2, 0.25) is 0 Å². The Labute approximate surface area is 192 Å². The van der Waals surface area contributed by atoms with Crippen LogP contribution in [0.25, 0.3) is 34.3 Å². The number of aromatic nitrogens is 4. The standard InChI is InChI=1S/C25H27N5OS/c1-5-26-14-18-6-8-20(9-7-18)24-29-30-25(31-24)23-17(4)27-15-22(28-23)19-10-12-21(13-11-19)32-16(2)3/h6-13,15-16,26H,5,14H2,1-4H3. The monoisotopic (exact) mass is 445 g/mol. The van der Waals surface area contributed by atoms with Gasteiger partial charge in [-0.05, 0) is 43.3 Å². The molecular weight excluding hydrogens is 418 g/mol. The fourth-order valence-corrected chi connectivity index (χ4v) is 4.08. The van der Waals surface area contributed by atoms with Gasteiger partial charge in [0.2, 0.25) is 5.89 Å². The summed E-state index contributed by atoms with van der Waals surface area (Å²) in [5, 5.41) is 12.3. The molecule has 0 aliphatic heterocycles. The molecule has 4 aromatic rings. The molecule has 32 heavy (non-hydrogen) atoms. The summed E-state index contributed by atoms with van der Waals surface area (Å²) < 4.78 is 5.97. The lowest BCUT2D eigenvalue weighted by molar-refractivity contribution is 0.581. The number of aryl methyl sites for hydroxylation is 1. The Bertz CT molecular complexity index is 1170. The van der Waals surface area contributed by atoms with Crippen LogP contribution in [-0.2, 0) is 6.54 Å². The smallest absolute Gasteiger partial charge is 0.268 e. The zero-order valence-corrected chi connectivity index (χ0v) is 19.6. The molecule has 1 N–H and O–H groups in total. The van der Waals surface area contributed by atoms with Crippen LogP contribution in [0.5, 0.6) is 0 Å². The van der Waals surface area contributed by atoms with Crippen molar-refractivity contribution in [3.8, 4) is 34.3 Å². The summed E-state index contributed by atoms with van der Waals surface area (Å²) in [7, 11) is 0. The number of nitrogens with zero attached hydrogens (tertiary/aromatic N) is 4. The fourth-order valence-electron chi connectivity index (χ4n) is 3.24. The van der Waals surface area contributed by atoms with Gasteiger partial charge in [-0.25, -0.2) is 4.98 Å². The molecule has 0 unspecified atom stereocenters. The lowest BCUT2D eigenvalue weighted by atomic mass is 10.1. The second-order valence-electron chi connectivity index (χ2n) is 7.77. The van der Waals surface area contributed by atoms with Gasteiger partial charge < -0.3 is 9.73 Å². The van der Waals surface area contributed by atoms with Crippen molar-refractivity contribution in [2.24, 2.45) is 0 Å². The Morgan fingerprint density at radius 1 is 0.938 bits per heavy atom. The van der Waals surface area contributed by atoms with Gasteiger partial charge in [0.05, 0.1) is 17.6 Å². The number of thioether (sulfide) groups is 1. The summed E-state index contributed by atoms with van der Waals surface area (Å²) in [6, 6.07) is 16.5. The van der Waals surface area contributed by atoms with Crippen molar-refractivity contribution >= 4 is 11.8 Å². The second-order valence-corrected chi connectivity index (χ2v) is 9.42. The molecule has 4 rings (SSSR count). The van der Waals surface area contributed by atoms with Crippen LogP contribution in [-0.4, -0.2) is 32.0 Å². The lowest BCUT2D eigenvalue weighted by Crippen LogP contribution is -2.11. The topological polar surface area (TPSA) is 76.7 Å². The maximum atomic E-state index is 5.97. The predicted molar refractivity (Wildman–Crippen MR) is 129 cm³/mol. The average Bonchev–Trinajstić information content (AvgIpc) is 3.29. The van der Waals surface area contributed by atoms with Crippen LogP contribution in [0.3, 0.4) is 0 Å². The highest BCUT2D eigenvalue weighted by atomic mass is 32.2. The Hall–Kier alpha value is -3.03. The first-order chi connectivity index (χ1) is 15.5. The summed E-state index contributed by atoms with van der Waals surface area (Å²) in [6.07, 6.45) is 1.78. The minimum absolute atomic E-state index is 0.371. The highest BCUT2D eigenvalue weighted by molar-refractivity contribution is 7.99. The molecule has 0 bridgehead atoms. The molecule has 7 heteroatoms. The third-order valence-corrected chi connectivity index (χ3v) is 5.90. The van der Waals surface area contributed by atoms with E-state index in [-0.39, 0.29) is 0 Å². The summed E-state index contributed by atoms with van der Waals surface area (Å²) >= 11 is 1.84. The van der Waals surface area contributed by atoms with Crippen LogP contribution in [0.1, 0.15) is 32.0 Å². The minimum atomic E-state index is 0.371. The molecule has 0 amide bonds. The van der Waals surface area contributed by atoms with Gasteiger partial charge in [-0.3, -0.25) is 4.98 Å². The van der Waals surface area contributed by atoms with Gasteiger partial charge in [-0.15, -0.1) is 22.0 Å². The first-order valence-corrected chi connectivity index (χ1v) is 11.7. The first kappa shape index (κ1) is 22.2. The fraction of sp³-hybridized carbons (Fsp3) is 0.280. The molecule has 2 aromatic heterocycles. The maximum absolute atomic E-state index is 5.97. The lowest BCUT2D eigenvalue weighted by Gasteiger charge is -2.07. The van der Waals surface area contributed by atoms with E-state index in [4.69, 9.17) is 9.40 Å². The van der Waals surface area contributed by atoms with Gasteiger partial charge in [0.15, 0.2) is 0 Å². The van der Waals surface area contributed by atoms with E-state index in [1.165, 1.54) is 10.5 Å². The van der Waals surface area contributed by atoms with E-state index in [2.05, 4.69) is 77.7 Å². The van der Waals surface area contributed by atoms with Crippen LogP contribution < -0.4 is 5.32 Å². The zero-order valence-electron chi connectivity index (χ0n) is 18.8. The molecule has 0 aliphatic carbocycles. The maximum Gasteiger partial charge on any atom is 0.268 e. The van der Waals surface area contributed by atoms with Crippen molar-refractivity contribution in [1.29, 1.82) is 0 Å². The molecule has 0 spiro atoms. The highest BCUT2D eigenvalue weighted by Gasteiger charge is 2.16. The molecule has 0 saturated carbocycles. The Morgan fingerprint density at radius 2 is 1.62 bits per heavy atom. The van der Waals surface area contributed by atoms with E-state index >= 15 is 0 Å². The largest absolute Gasteiger partial charge is 0.415 e. The van der Waals surface area contributed by atoms with E-state index in [1.54, 1.807) is 6.20 Å². The number of hydrogen-bond donors (Lipinski definition) is 1. The van der Waals surface area contributed by atoms with E-state index in [0.29, 0.717) is 22.7 Å². The third-order valence-electron chi connectivity index (χ3n) is 4.88. The molecule has 164 valence electrons. The highest BCUT2D eigenvalue weighted by Crippen LogP contribution is 2.29. The molecule has 2 aromatic carbocycles. The van der Waals surface area contributed by atoms with Crippen LogP contribution >= 0.6 is 11.8 Å². The van der Waals surface area contributed by atoms with E-state index < -0.39 is 0 Å². The van der Waals surface area contributed by atoms with Gasteiger partial charge >= 0.3 is 0 Å².